The number of aryl methyl sites for hydroxylation is 2. The van der Waals surface area contributed by atoms with Crippen LogP contribution in [0.4, 0.5) is 5.00 Å². The Morgan fingerprint density at radius 3 is 2.09 bits per heavy atom. The maximum absolute atomic E-state index is 13.6. The van der Waals surface area contributed by atoms with Crippen molar-refractivity contribution in [2.45, 2.75) is 39.3 Å². The van der Waals surface area contributed by atoms with Crippen LogP contribution >= 0.6 is 22.9 Å². The molecule has 3 amide bonds. The molecule has 0 saturated heterocycles. The minimum absolute atomic E-state index is 0.205. The molecule has 1 atom stereocenters. The molecule has 1 N–H and O–H groups in total. The molecule has 2 heterocycles. The highest BCUT2D eigenvalue weighted by Gasteiger charge is 2.41. The van der Waals surface area contributed by atoms with Crippen molar-refractivity contribution in [2.75, 3.05) is 5.32 Å². The van der Waals surface area contributed by atoms with Gasteiger partial charge >= 0.3 is 5.97 Å². The topological polar surface area (TPSA) is 110 Å². The lowest BCUT2D eigenvalue weighted by atomic mass is 10.0. The first-order valence-electron chi connectivity index (χ1n) is 13.5. The number of ketones is 1. The largest absolute Gasteiger partial charge is 0.461 e. The Bertz CT molecular complexity index is 1710. The quantitative estimate of drug-likeness (QED) is 0.131. The van der Waals surface area contributed by atoms with Crippen LogP contribution in [0, 0.1) is 0 Å². The SMILES string of the molecule is CC(=O)OCc1ccc(CCc2cc(C(=O)c3ccccc3Cl)c(NC(=O)[C@H](C)N3C(=O)c4ccccc4C3=O)s2)cc1. The van der Waals surface area contributed by atoms with Gasteiger partial charge in [0.2, 0.25) is 5.91 Å². The summed E-state index contributed by atoms with van der Waals surface area (Å²) in [5.74, 6) is -2.38. The van der Waals surface area contributed by atoms with Gasteiger partial charge in [-0.3, -0.25) is 28.9 Å². The number of fused-ring (bicyclic) bond motifs is 1. The average molecular weight is 615 g/mol. The number of imide groups is 1. The number of esters is 1. The number of ether oxygens (including phenoxy) is 1. The molecule has 10 heteroatoms. The second-order valence-electron chi connectivity index (χ2n) is 10.1. The monoisotopic (exact) mass is 614 g/mol. The summed E-state index contributed by atoms with van der Waals surface area (Å²) in [6.07, 6.45) is 1.24. The van der Waals surface area contributed by atoms with Gasteiger partial charge in [-0.2, -0.15) is 0 Å². The molecule has 5 rings (SSSR count). The number of halogens is 1. The standard InChI is InChI=1S/C33H27ClN2O6S/c1-19(36-32(40)24-7-3-4-8-25(24)33(36)41)30(39)35-31-27(29(38)26-9-5-6-10-28(26)34)17-23(43-31)16-15-21-11-13-22(14-12-21)18-42-20(2)37/h3-14,17,19H,15-16,18H2,1-2H3,(H,35,39)/t19-/m0/s1. The van der Waals surface area contributed by atoms with Crippen molar-refractivity contribution in [1.29, 1.82) is 0 Å². The van der Waals surface area contributed by atoms with Gasteiger partial charge in [0.05, 0.1) is 21.7 Å². The highest BCUT2D eigenvalue weighted by atomic mass is 35.5. The minimum Gasteiger partial charge on any atom is -0.461 e. The van der Waals surface area contributed by atoms with E-state index in [1.165, 1.54) is 25.2 Å². The first-order chi connectivity index (χ1) is 20.6. The lowest BCUT2D eigenvalue weighted by Crippen LogP contribution is -2.45. The van der Waals surface area contributed by atoms with Crippen LogP contribution < -0.4 is 5.32 Å². The van der Waals surface area contributed by atoms with Crippen LogP contribution in [0.1, 0.15) is 66.5 Å². The van der Waals surface area contributed by atoms with Gasteiger partial charge in [0.1, 0.15) is 17.6 Å². The van der Waals surface area contributed by atoms with Crippen LogP contribution in [-0.2, 0) is 33.8 Å². The van der Waals surface area contributed by atoms with E-state index in [0.717, 1.165) is 20.9 Å². The lowest BCUT2D eigenvalue weighted by Gasteiger charge is -2.21. The molecule has 218 valence electrons. The summed E-state index contributed by atoms with van der Waals surface area (Å²) in [5.41, 5.74) is 2.98. The Morgan fingerprint density at radius 1 is 0.860 bits per heavy atom. The molecule has 0 radical (unpaired) electrons. The Hall–Kier alpha value is -4.60. The van der Waals surface area contributed by atoms with E-state index in [1.807, 2.05) is 24.3 Å². The Balaban J connectivity index is 1.36. The van der Waals surface area contributed by atoms with E-state index in [0.29, 0.717) is 23.4 Å². The second-order valence-corrected chi connectivity index (χ2v) is 11.6. The van der Waals surface area contributed by atoms with Gasteiger partial charge in [0, 0.05) is 17.4 Å². The van der Waals surface area contributed by atoms with Crippen molar-refractivity contribution in [3.8, 4) is 0 Å². The number of anilines is 1. The number of hydrogen-bond donors (Lipinski definition) is 1. The first-order valence-corrected chi connectivity index (χ1v) is 14.7. The molecule has 1 aliphatic heterocycles. The maximum atomic E-state index is 13.6. The van der Waals surface area contributed by atoms with Crippen molar-refractivity contribution in [3.63, 3.8) is 0 Å². The first kappa shape index (κ1) is 29.9. The van der Waals surface area contributed by atoms with Crippen LogP contribution in [-0.4, -0.2) is 40.4 Å². The third-order valence-corrected chi connectivity index (χ3v) is 8.54. The molecule has 0 aliphatic carbocycles. The molecule has 3 aromatic carbocycles. The fourth-order valence-electron chi connectivity index (χ4n) is 4.77. The van der Waals surface area contributed by atoms with E-state index < -0.39 is 23.8 Å². The van der Waals surface area contributed by atoms with Crippen LogP contribution in [0.5, 0.6) is 0 Å². The van der Waals surface area contributed by atoms with Gasteiger partial charge in [-0.1, -0.05) is 60.1 Å². The molecule has 1 aliphatic rings. The van der Waals surface area contributed by atoms with E-state index in [1.54, 1.807) is 54.6 Å². The molecular weight excluding hydrogens is 588 g/mol. The van der Waals surface area contributed by atoms with Crippen molar-refractivity contribution in [1.82, 2.24) is 4.90 Å². The Kier molecular flexibility index (Phi) is 8.84. The number of hydrogen-bond acceptors (Lipinski definition) is 7. The van der Waals surface area contributed by atoms with Crippen molar-refractivity contribution in [3.05, 3.63) is 122 Å². The third-order valence-electron chi connectivity index (χ3n) is 7.10. The van der Waals surface area contributed by atoms with Gasteiger partial charge < -0.3 is 10.1 Å². The van der Waals surface area contributed by atoms with Gasteiger partial charge in [-0.05, 0) is 61.2 Å². The zero-order valence-corrected chi connectivity index (χ0v) is 25.0. The molecule has 0 bridgehead atoms. The van der Waals surface area contributed by atoms with Crippen LogP contribution in [0.2, 0.25) is 5.02 Å². The van der Waals surface area contributed by atoms with E-state index in [-0.39, 0.29) is 40.1 Å². The second kappa shape index (κ2) is 12.7. The smallest absolute Gasteiger partial charge is 0.302 e. The van der Waals surface area contributed by atoms with E-state index in [4.69, 9.17) is 16.3 Å². The molecular formula is C33H27ClN2O6S. The Morgan fingerprint density at radius 2 is 1.47 bits per heavy atom. The average Bonchev–Trinajstić information content (AvgIpc) is 3.52. The fraction of sp³-hybridized carbons (Fsp3) is 0.182. The number of benzene rings is 3. The predicted molar refractivity (Wildman–Crippen MR) is 164 cm³/mol. The van der Waals surface area contributed by atoms with Crippen molar-refractivity contribution in [2.24, 2.45) is 0 Å². The molecule has 1 aromatic heterocycles. The number of carbonyl (C=O) groups excluding carboxylic acids is 5. The van der Waals surface area contributed by atoms with Crippen LogP contribution in [0.3, 0.4) is 0 Å². The molecule has 0 spiro atoms. The number of nitrogens with one attached hydrogen (secondary N) is 1. The number of thiophene rings is 1. The van der Waals surface area contributed by atoms with Gasteiger partial charge in [-0.15, -0.1) is 11.3 Å². The molecule has 0 saturated carbocycles. The number of rotatable bonds is 10. The molecule has 0 fully saturated rings. The van der Waals surface area contributed by atoms with Gasteiger partial charge in [0.15, 0.2) is 5.78 Å². The highest BCUT2D eigenvalue weighted by Crippen LogP contribution is 2.33. The lowest BCUT2D eigenvalue weighted by molar-refractivity contribution is -0.142. The van der Waals surface area contributed by atoms with Crippen LogP contribution in [0.25, 0.3) is 0 Å². The maximum Gasteiger partial charge on any atom is 0.302 e. The summed E-state index contributed by atoms with van der Waals surface area (Å²) in [6.45, 7) is 3.05. The summed E-state index contributed by atoms with van der Waals surface area (Å²) in [4.78, 5) is 65.8. The molecule has 8 nitrogen and oxygen atoms in total. The molecule has 43 heavy (non-hydrogen) atoms. The zero-order valence-electron chi connectivity index (χ0n) is 23.4. The van der Waals surface area contributed by atoms with Crippen LogP contribution in [0.15, 0.2) is 78.9 Å². The highest BCUT2D eigenvalue weighted by molar-refractivity contribution is 7.16. The Labute approximate surface area is 257 Å². The number of nitrogens with zero attached hydrogens (tertiary/aromatic N) is 1. The molecule has 0 unspecified atom stereocenters. The zero-order chi connectivity index (χ0) is 30.7. The predicted octanol–water partition coefficient (Wildman–Crippen LogP) is 6.10. The minimum atomic E-state index is -1.12. The van der Waals surface area contributed by atoms with E-state index in [2.05, 4.69) is 5.32 Å². The van der Waals surface area contributed by atoms with E-state index in [9.17, 15) is 24.0 Å². The third kappa shape index (κ3) is 6.43. The number of carbonyl (C=O) groups is 5. The summed E-state index contributed by atoms with van der Waals surface area (Å²) in [5, 5.41) is 3.40. The normalized spacial score (nSPS) is 13.0. The number of amides is 3. The van der Waals surface area contributed by atoms with Crippen molar-refractivity contribution < 1.29 is 28.7 Å². The van der Waals surface area contributed by atoms with Gasteiger partial charge in [-0.25, -0.2) is 0 Å². The molecule has 4 aromatic rings. The fourth-order valence-corrected chi connectivity index (χ4v) is 6.04. The summed E-state index contributed by atoms with van der Waals surface area (Å²) >= 11 is 7.58. The summed E-state index contributed by atoms with van der Waals surface area (Å²) < 4.78 is 5.04. The van der Waals surface area contributed by atoms with Gasteiger partial charge in [0.25, 0.3) is 11.8 Å². The summed E-state index contributed by atoms with van der Waals surface area (Å²) in [7, 11) is 0. The van der Waals surface area contributed by atoms with Crippen molar-refractivity contribution >= 4 is 57.4 Å². The summed E-state index contributed by atoms with van der Waals surface area (Å²) in [6, 6.07) is 21.4. The van der Waals surface area contributed by atoms with E-state index >= 15 is 0 Å².